The van der Waals surface area contributed by atoms with E-state index in [2.05, 4.69) is 43.0 Å². The minimum absolute atomic E-state index is 0.0113. The summed E-state index contributed by atoms with van der Waals surface area (Å²) in [5.74, 6) is 0.196. The highest BCUT2D eigenvalue weighted by molar-refractivity contribution is 8.26. The maximum atomic E-state index is 8.59. The first-order valence-electron chi connectivity index (χ1n) is 10.1. The zero-order valence-electron chi connectivity index (χ0n) is 18.6. The molecule has 1 aromatic heterocycles. The second kappa shape index (κ2) is 8.76. The van der Waals surface area contributed by atoms with Crippen molar-refractivity contribution in [2.45, 2.75) is 57.7 Å². The minimum Gasteiger partial charge on any atom is -0.368 e. The molecule has 7 nitrogen and oxygen atoms in total. The van der Waals surface area contributed by atoms with E-state index >= 15 is 0 Å². The van der Waals surface area contributed by atoms with Gasteiger partial charge >= 0.3 is 0 Å². The second-order valence-electron chi connectivity index (χ2n) is 9.30. The van der Waals surface area contributed by atoms with Gasteiger partial charge in [-0.2, -0.15) is 0 Å². The van der Waals surface area contributed by atoms with Crippen LogP contribution in [0, 0.1) is 10.8 Å². The van der Waals surface area contributed by atoms with Gasteiger partial charge in [0.25, 0.3) is 0 Å². The lowest BCUT2D eigenvalue weighted by molar-refractivity contribution is 0.114. The Balaban J connectivity index is 1.71. The van der Waals surface area contributed by atoms with Gasteiger partial charge in [-0.3, -0.25) is 10.8 Å². The number of aromatic nitrogens is 2. The molecule has 166 valence electrons. The number of halogens is 1. The van der Waals surface area contributed by atoms with E-state index in [0.29, 0.717) is 21.4 Å². The highest BCUT2D eigenvalue weighted by atomic mass is 35.5. The zero-order valence-corrected chi connectivity index (χ0v) is 20.2. The van der Waals surface area contributed by atoms with Crippen LogP contribution in [0.4, 0.5) is 5.95 Å². The van der Waals surface area contributed by atoms with E-state index in [1.54, 1.807) is 24.4 Å². The molecular formula is C22H30ClN7S. The maximum Gasteiger partial charge on any atom is 0.220 e. The molecule has 5 N–H and O–H groups in total. The molecule has 0 unspecified atom stereocenters. The maximum absolute atomic E-state index is 8.59. The Kier molecular flexibility index (Phi) is 6.64. The molecule has 9 heteroatoms. The molecule has 0 amide bonds. The fourth-order valence-electron chi connectivity index (χ4n) is 4.32. The van der Waals surface area contributed by atoms with E-state index in [4.69, 9.17) is 28.2 Å². The number of rotatable bonds is 3. The van der Waals surface area contributed by atoms with Crippen LogP contribution in [0.5, 0.6) is 0 Å². The molecule has 31 heavy (non-hydrogen) atoms. The molecule has 2 heterocycles. The van der Waals surface area contributed by atoms with Crippen molar-refractivity contribution >= 4 is 39.5 Å². The normalized spacial score (nSPS) is 17.9. The molecule has 2 aromatic rings. The number of nitrogens with zero attached hydrogens (tertiary/aromatic N) is 3. The van der Waals surface area contributed by atoms with Gasteiger partial charge in [-0.05, 0) is 64.4 Å². The number of hydrogen-bond donors (Lipinski definition) is 4. The Morgan fingerprint density at radius 3 is 2.42 bits per heavy atom. The number of nitrogens with one attached hydrogen (secondary N) is 3. The van der Waals surface area contributed by atoms with E-state index in [1.165, 1.54) is 0 Å². The van der Waals surface area contributed by atoms with Gasteiger partial charge in [0.2, 0.25) is 5.95 Å². The third-order valence-corrected chi connectivity index (χ3v) is 6.64. The van der Waals surface area contributed by atoms with E-state index in [9.17, 15) is 0 Å². The van der Waals surface area contributed by atoms with E-state index in [-0.39, 0.29) is 28.1 Å². The first-order chi connectivity index (χ1) is 14.4. The summed E-state index contributed by atoms with van der Waals surface area (Å²) in [6.07, 6.45) is 3.46. The number of anilines is 1. The summed E-state index contributed by atoms with van der Waals surface area (Å²) >= 11 is 7.59. The summed E-state index contributed by atoms with van der Waals surface area (Å²) in [5.41, 5.74) is 7.70. The molecule has 1 fully saturated rings. The molecule has 0 aliphatic carbocycles. The molecule has 3 rings (SSSR count). The summed E-state index contributed by atoms with van der Waals surface area (Å²) in [6.45, 7) is 8.78. The van der Waals surface area contributed by atoms with Crippen LogP contribution in [-0.4, -0.2) is 49.2 Å². The number of nitrogens with two attached hydrogens (primary N) is 1. The van der Waals surface area contributed by atoms with Gasteiger partial charge in [0.05, 0.1) is 10.7 Å². The van der Waals surface area contributed by atoms with Gasteiger partial charge in [0.15, 0.2) is 5.17 Å². The molecule has 1 saturated heterocycles. The average Bonchev–Trinajstić information content (AvgIpc) is 2.64. The Hall–Kier alpha value is -2.16. The van der Waals surface area contributed by atoms with Crippen LogP contribution in [0.25, 0.3) is 11.3 Å². The highest BCUT2D eigenvalue weighted by Gasteiger charge is 2.39. The lowest BCUT2D eigenvalue weighted by Crippen LogP contribution is -2.62. The number of hydrogen-bond acceptors (Lipinski definition) is 7. The van der Waals surface area contributed by atoms with Crippen LogP contribution < -0.4 is 11.1 Å². The molecule has 1 aromatic carbocycles. The standard InChI is InChI=1S/C22H30ClN7S/c1-21(2)11-14(12-22(3,4)29-21)30(5)20(26)31-18(24)15-7-6-13(10-16(15)23)17-8-9-27-19(25)28-17/h6-10,14,24,26,29H,11-12H2,1-5H3,(H2,25,27,28). The van der Waals surface area contributed by atoms with Gasteiger partial charge < -0.3 is 16.0 Å². The molecule has 0 bridgehead atoms. The monoisotopic (exact) mass is 459 g/mol. The van der Waals surface area contributed by atoms with Crippen LogP contribution in [0.15, 0.2) is 30.5 Å². The Morgan fingerprint density at radius 2 is 1.84 bits per heavy atom. The van der Waals surface area contributed by atoms with Crippen LogP contribution in [0.2, 0.25) is 5.02 Å². The summed E-state index contributed by atoms with van der Waals surface area (Å²) in [6, 6.07) is 7.38. The second-order valence-corrected chi connectivity index (χ2v) is 10.7. The number of benzene rings is 1. The van der Waals surface area contributed by atoms with Crippen molar-refractivity contribution in [2.75, 3.05) is 12.8 Å². The molecule has 0 spiro atoms. The Bertz CT molecular complexity index is 989. The number of amidine groups is 1. The molecule has 1 aliphatic heterocycles. The first kappa shape index (κ1) is 23.5. The van der Waals surface area contributed by atoms with Gasteiger partial charge in [0, 0.05) is 41.5 Å². The fourth-order valence-corrected chi connectivity index (χ4v) is 5.43. The number of thioether (sulfide) groups is 1. The van der Waals surface area contributed by atoms with Crippen molar-refractivity contribution in [2.24, 2.45) is 0 Å². The van der Waals surface area contributed by atoms with Crippen molar-refractivity contribution in [1.82, 2.24) is 20.2 Å². The largest absolute Gasteiger partial charge is 0.368 e. The average molecular weight is 460 g/mol. The Labute approximate surface area is 193 Å². The summed E-state index contributed by atoms with van der Waals surface area (Å²) in [4.78, 5) is 10.1. The van der Waals surface area contributed by atoms with Crippen LogP contribution in [-0.2, 0) is 0 Å². The minimum atomic E-state index is -0.0113. The molecule has 0 radical (unpaired) electrons. The van der Waals surface area contributed by atoms with Crippen molar-refractivity contribution in [3.63, 3.8) is 0 Å². The topological polar surface area (TPSA) is 115 Å². The van der Waals surface area contributed by atoms with Crippen LogP contribution in [0.3, 0.4) is 0 Å². The van der Waals surface area contributed by atoms with E-state index < -0.39 is 0 Å². The predicted molar refractivity (Wildman–Crippen MR) is 131 cm³/mol. The van der Waals surface area contributed by atoms with Crippen molar-refractivity contribution in [1.29, 1.82) is 10.8 Å². The summed E-state index contributed by atoms with van der Waals surface area (Å²) in [7, 11) is 1.94. The third kappa shape index (κ3) is 5.75. The number of piperidine rings is 1. The van der Waals surface area contributed by atoms with Crippen LogP contribution in [0.1, 0.15) is 46.1 Å². The van der Waals surface area contributed by atoms with Gasteiger partial charge in [0.1, 0.15) is 5.04 Å². The molecule has 1 aliphatic rings. The quantitative estimate of drug-likeness (QED) is 0.393. The summed E-state index contributed by atoms with van der Waals surface area (Å²) in [5, 5.41) is 21.8. The highest BCUT2D eigenvalue weighted by Crippen LogP contribution is 2.33. The lowest BCUT2D eigenvalue weighted by atomic mass is 9.79. The number of nitrogen functional groups attached to an aromatic ring is 1. The van der Waals surface area contributed by atoms with E-state index in [1.807, 2.05) is 18.0 Å². The fraction of sp³-hybridized carbons (Fsp3) is 0.455. The van der Waals surface area contributed by atoms with Gasteiger partial charge in [-0.25, -0.2) is 9.97 Å². The third-order valence-electron chi connectivity index (χ3n) is 5.42. The predicted octanol–water partition coefficient (Wildman–Crippen LogP) is 4.61. The van der Waals surface area contributed by atoms with E-state index in [0.717, 1.165) is 30.2 Å². The first-order valence-corrected chi connectivity index (χ1v) is 11.3. The van der Waals surface area contributed by atoms with Crippen LogP contribution >= 0.6 is 23.4 Å². The van der Waals surface area contributed by atoms with Crippen molar-refractivity contribution in [3.05, 3.63) is 41.0 Å². The zero-order chi connectivity index (χ0) is 23.0. The summed E-state index contributed by atoms with van der Waals surface area (Å²) < 4.78 is 0. The molecule has 0 atom stereocenters. The van der Waals surface area contributed by atoms with Crippen molar-refractivity contribution < 1.29 is 0 Å². The van der Waals surface area contributed by atoms with Crippen molar-refractivity contribution in [3.8, 4) is 11.3 Å². The van der Waals surface area contributed by atoms with Gasteiger partial charge in [-0.1, -0.05) is 23.7 Å². The molecular weight excluding hydrogens is 430 g/mol. The SMILES string of the molecule is CN(C(=N)SC(=N)c1ccc(-c2ccnc(N)n2)cc1Cl)C1CC(C)(C)NC(C)(C)C1. The smallest absolute Gasteiger partial charge is 0.220 e. The van der Waals surface area contributed by atoms with Gasteiger partial charge in [-0.15, -0.1) is 0 Å². The molecule has 0 saturated carbocycles. The Morgan fingerprint density at radius 1 is 1.19 bits per heavy atom. The lowest BCUT2D eigenvalue weighted by Gasteiger charge is -2.49.